The summed E-state index contributed by atoms with van der Waals surface area (Å²) in [6.07, 6.45) is 9.10. The van der Waals surface area contributed by atoms with Crippen molar-refractivity contribution in [3.8, 4) is 0 Å². The molecule has 0 heterocycles. The minimum Gasteiger partial charge on any atom is -0.396 e. The van der Waals surface area contributed by atoms with Crippen LogP contribution in [0.1, 0.15) is 50.5 Å². The van der Waals surface area contributed by atoms with E-state index in [-0.39, 0.29) is 18.8 Å². The van der Waals surface area contributed by atoms with Crippen LogP contribution in [0.25, 0.3) is 10.8 Å². The van der Waals surface area contributed by atoms with Crippen LogP contribution in [0, 0.1) is 0 Å². The monoisotopic (exact) mass is 352 g/mol. The van der Waals surface area contributed by atoms with E-state index in [0.717, 1.165) is 48.4 Å². The molecular weight excluding hydrogens is 324 g/mol. The molecule has 2 N–H and O–H groups in total. The molecular formula is C23H28O3. The van der Waals surface area contributed by atoms with Crippen LogP contribution in [0.4, 0.5) is 0 Å². The molecule has 0 saturated heterocycles. The van der Waals surface area contributed by atoms with Crippen LogP contribution in [0.15, 0.2) is 54.6 Å². The lowest BCUT2D eigenvalue weighted by Gasteiger charge is -2.30. The maximum absolute atomic E-state index is 12.2. The van der Waals surface area contributed by atoms with E-state index >= 15 is 0 Å². The maximum atomic E-state index is 12.2. The Bertz CT molecular complexity index is 775. The van der Waals surface area contributed by atoms with E-state index in [4.69, 9.17) is 5.11 Å². The van der Waals surface area contributed by atoms with Gasteiger partial charge >= 0.3 is 0 Å². The third-order valence-corrected chi connectivity index (χ3v) is 5.49. The summed E-state index contributed by atoms with van der Waals surface area (Å²) < 4.78 is 0. The lowest BCUT2D eigenvalue weighted by Crippen LogP contribution is -2.33. The number of hydrogen-bond acceptors (Lipinski definition) is 3. The van der Waals surface area contributed by atoms with Gasteiger partial charge in [-0.3, -0.25) is 4.79 Å². The minimum absolute atomic E-state index is 0.123. The van der Waals surface area contributed by atoms with Gasteiger partial charge in [0, 0.05) is 24.9 Å². The molecule has 2 unspecified atom stereocenters. The molecule has 1 aliphatic rings. The number of allylic oxidation sites excluding steroid dienone is 1. The van der Waals surface area contributed by atoms with Gasteiger partial charge in [0.1, 0.15) is 5.78 Å². The number of carbonyl (C=O) groups is 1. The number of aliphatic hydroxyl groups excluding tert-OH is 2. The maximum Gasteiger partial charge on any atom is 0.136 e. The van der Waals surface area contributed by atoms with Gasteiger partial charge in [-0.25, -0.2) is 0 Å². The summed E-state index contributed by atoms with van der Waals surface area (Å²) in [6.45, 7) is 0.258. The van der Waals surface area contributed by atoms with Crippen LogP contribution in [0.3, 0.4) is 0 Å². The molecule has 138 valence electrons. The first kappa shape index (κ1) is 18.8. The van der Waals surface area contributed by atoms with Gasteiger partial charge < -0.3 is 10.2 Å². The van der Waals surface area contributed by atoms with Crippen LogP contribution in [0.2, 0.25) is 0 Å². The smallest absolute Gasteiger partial charge is 0.136 e. The summed E-state index contributed by atoms with van der Waals surface area (Å²) in [6, 6.07) is 14.3. The lowest BCUT2D eigenvalue weighted by molar-refractivity contribution is -0.117. The van der Waals surface area contributed by atoms with Gasteiger partial charge in [0.15, 0.2) is 0 Å². The summed E-state index contributed by atoms with van der Waals surface area (Å²) in [5.74, 6) is 0.123. The molecule has 1 fully saturated rings. The highest BCUT2D eigenvalue weighted by Crippen LogP contribution is 2.43. The quantitative estimate of drug-likeness (QED) is 0.550. The third-order valence-electron chi connectivity index (χ3n) is 5.49. The summed E-state index contributed by atoms with van der Waals surface area (Å²) in [5, 5.41) is 21.9. The molecule has 0 aliphatic heterocycles. The molecule has 3 rings (SSSR count). The van der Waals surface area contributed by atoms with E-state index in [9.17, 15) is 9.90 Å². The van der Waals surface area contributed by atoms with E-state index in [2.05, 4.69) is 36.4 Å². The van der Waals surface area contributed by atoms with Crippen molar-refractivity contribution in [1.82, 2.24) is 0 Å². The number of hydrogen-bond donors (Lipinski definition) is 2. The Morgan fingerprint density at radius 1 is 1.04 bits per heavy atom. The second kappa shape index (κ2) is 8.61. The third kappa shape index (κ3) is 3.89. The zero-order chi connectivity index (χ0) is 18.4. The van der Waals surface area contributed by atoms with Gasteiger partial charge in [-0.2, -0.15) is 0 Å². The number of ketones is 1. The van der Waals surface area contributed by atoms with E-state index in [1.807, 2.05) is 18.2 Å². The Kier molecular flexibility index (Phi) is 6.23. The standard InChI is InChI=1S/C23H28O3/c24-15-8-4-2-1-3-7-14-23(17-19(25)16-22(23)26)21-13-9-11-18-10-5-6-12-20(18)21/h5-7,9-14,22,24,26H,1-4,8,15-17H2/b14-7+. The van der Waals surface area contributed by atoms with Crippen molar-refractivity contribution in [3.05, 3.63) is 60.2 Å². The Hall–Kier alpha value is -1.97. The number of rotatable bonds is 8. The fourth-order valence-corrected chi connectivity index (χ4v) is 4.10. The fraction of sp³-hybridized carbons (Fsp3) is 0.435. The molecule has 2 aromatic carbocycles. The van der Waals surface area contributed by atoms with Crippen molar-refractivity contribution in [2.75, 3.05) is 6.61 Å². The topological polar surface area (TPSA) is 57.5 Å². The molecule has 0 bridgehead atoms. The van der Waals surface area contributed by atoms with Crippen LogP contribution < -0.4 is 0 Å². The summed E-state index contributed by atoms with van der Waals surface area (Å²) >= 11 is 0. The lowest BCUT2D eigenvalue weighted by atomic mass is 9.74. The van der Waals surface area contributed by atoms with Crippen molar-refractivity contribution in [1.29, 1.82) is 0 Å². The molecule has 2 aromatic rings. The largest absolute Gasteiger partial charge is 0.396 e. The predicted octanol–water partition coefficient (Wildman–Crippen LogP) is 4.30. The van der Waals surface area contributed by atoms with Crippen molar-refractivity contribution in [3.63, 3.8) is 0 Å². The fourth-order valence-electron chi connectivity index (χ4n) is 4.10. The molecule has 3 nitrogen and oxygen atoms in total. The van der Waals surface area contributed by atoms with Gasteiger partial charge in [0.2, 0.25) is 0 Å². The molecule has 1 saturated carbocycles. The molecule has 0 aromatic heterocycles. The van der Waals surface area contributed by atoms with Gasteiger partial charge in [-0.05, 0) is 35.6 Å². The second-order valence-electron chi connectivity index (χ2n) is 7.33. The number of aliphatic hydroxyl groups is 2. The second-order valence-corrected chi connectivity index (χ2v) is 7.33. The first-order chi connectivity index (χ1) is 12.7. The molecule has 2 atom stereocenters. The van der Waals surface area contributed by atoms with Crippen molar-refractivity contribution < 1.29 is 15.0 Å². The number of Topliss-reactive ketones (excluding diaryl/α,β-unsaturated/α-hetero) is 1. The molecule has 0 radical (unpaired) electrons. The van der Waals surface area contributed by atoms with Crippen LogP contribution >= 0.6 is 0 Å². The van der Waals surface area contributed by atoms with Crippen LogP contribution in [-0.4, -0.2) is 28.7 Å². The van der Waals surface area contributed by atoms with Gasteiger partial charge in [0.05, 0.1) is 6.10 Å². The highest BCUT2D eigenvalue weighted by Gasteiger charge is 2.46. The highest BCUT2D eigenvalue weighted by atomic mass is 16.3. The summed E-state index contributed by atoms with van der Waals surface area (Å²) in [5.41, 5.74) is 0.425. The van der Waals surface area contributed by atoms with Gasteiger partial charge in [0.25, 0.3) is 0 Å². The van der Waals surface area contributed by atoms with Gasteiger partial charge in [-0.1, -0.05) is 67.5 Å². The van der Waals surface area contributed by atoms with Crippen molar-refractivity contribution in [2.45, 2.75) is 56.5 Å². The van der Waals surface area contributed by atoms with Gasteiger partial charge in [-0.15, -0.1) is 0 Å². The van der Waals surface area contributed by atoms with E-state index < -0.39 is 11.5 Å². The molecule has 1 aliphatic carbocycles. The Balaban J connectivity index is 1.87. The van der Waals surface area contributed by atoms with Crippen LogP contribution in [-0.2, 0) is 10.2 Å². The average Bonchev–Trinajstić information content (AvgIpc) is 2.94. The number of benzene rings is 2. The Morgan fingerprint density at radius 3 is 2.58 bits per heavy atom. The Labute approximate surface area is 155 Å². The van der Waals surface area contributed by atoms with E-state index in [1.54, 1.807) is 0 Å². The number of fused-ring (bicyclic) bond motifs is 1. The van der Waals surface area contributed by atoms with E-state index in [1.165, 1.54) is 0 Å². The molecule has 0 spiro atoms. The van der Waals surface area contributed by atoms with E-state index in [0.29, 0.717) is 6.42 Å². The van der Waals surface area contributed by atoms with Crippen LogP contribution in [0.5, 0.6) is 0 Å². The number of unbranched alkanes of at least 4 members (excludes halogenated alkanes) is 4. The first-order valence-corrected chi connectivity index (χ1v) is 9.64. The number of carbonyl (C=O) groups excluding carboxylic acids is 1. The molecule has 26 heavy (non-hydrogen) atoms. The highest BCUT2D eigenvalue weighted by molar-refractivity contribution is 5.91. The normalized spacial score (nSPS) is 23.3. The predicted molar refractivity (Wildman–Crippen MR) is 105 cm³/mol. The molecule has 0 amide bonds. The van der Waals surface area contributed by atoms with Crippen molar-refractivity contribution in [2.24, 2.45) is 0 Å². The zero-order valence-electron chi connectivity index (χ0n) is 15.2. The first-order valence-electron chi connectivity index (χ1n) is 9.64. The van der Waals surface area contributed by atoms with Crippen molar-refractivity contribution >= 4 is 16.6 Å². The molecule has 3 heteroatoms. The Morgan fingerprint density at radius 2 is 1.81 bits per heavy atom. The summed E-state index contributed by atoms with van der Waals surface area (Å²) in [7, 11) is 0. The zero-order valence-corrected chi connectivity index (χ0v) is 15.2. The SMILES string of the molecule is O=C1CC(O)C(/C=C/CCCCCCO)(c2cccc3ccccc23)C1. The summed E-state index contributed by atoms with van der Waals surface area (Å²) in [4.78, 5) is 12.2. The average molecular weight is 352 g/mol. The minimum atomic E-state index is -0.675.